The Morgan fingerprint density at radius 3 is 2.73 bits per heavy atom. The molecule has 26 heavy (non-hydrogen) atoms. The smallest absolute Gasteiger partial charge is 0.231 e. The Balaban J connectivity index is 1.57. The fourth-order valence-electron chi connectivity index (χ4n) is 3.71. The average Bonchev–Trinajstić information content (AvgIpc) is 3.18. The van der Waals surface area contributed by atoms with E-state index in [0.717, 1.165) is 23.2 Å². The number of amides is 1. The first-order valence-corrected chi connectivity index (χ1v) is 9.61. The van der Waals surface area contributed by atoms with Crippen LogP contribution in [0.15, 0.2) is 36.4 Å². The monoisotopic (exact) mass is 417 g/mol. The topological polar surface area (TPSA) is 59.0 Å². The van der Waals surface area contributed by atoms with Crippen LogP contribution >= 0.6 is 15.9 Å². The van der Waals surface area contributed by atoms with Gasteiger partial charge in [0.1, 0.15) is 5.75 Å². The minimum atomic E-state index is 0.0325. The van der Waals surface area contributed by atoms with Gasteiger partial charge in [-0.05, 0) is 24.1 Å². The molecular weight excluding hydrogens is 398 g/mol. The van der Waals surface area contributed by atoms with E-state index in [-0.39, 0.29) is 29.2 Å². The van der Waals surface area contributed by atoms with Gasteiger partial charge in [-0.25, -0.2) is 0 Å². The van der Waals surface area contributed by atoms with Gasteiger partial charge in [0.25, 0.3) is 0 Å². The van der Waals surface area contributed by atoms with Gasteiger partial charge in [-0.3, -0.25) is 4.79 Å². The maximum absolute atomic E-state index is 12.4. The van der Waals surface area contributed by atoms with E-state index in [4.69, 9.17) is 9.47 Å². The van der Waals surface area contributed by atoms with Gasteiger partial charge in [-0.15, -0.1) is 0 Å². The number of aromatic hydroxyl groups is 1. The Bertz CT molecular complexity index is 852. The standard InChI is InChI=1S/C20H20BrNO4/c1-12(21)14(15-9-18-19(10-17(15)23)26-11-25-18)6-7-22-16-5-3-2-4-13(16)8-20(22)24/h2-5,9-10,12,14,23H,6-8,11H2,1H3. The zero-order valence-electron chi connectivity index (χ0n) is 14.4. The molecule has 5 nitrogen and oxygen atoms in total. The molecule has 2 aromatic rings. The summed E-state index contributed by atoms with van der Waals surface area (Å²) in [6.07, 6.45) is 1.18. The highest BCUT2D eigenvalue weighted by Gasteiger charge is 2.30. The minimum absolute atomic E-state index is 0.0325. The molecule has 2 aliphatic heterocycles. The van der Waals surface area contributed by atoms with Crippen LogP contribution in [0.3, 0.4) is 0 Å². The SMILES string of the molecule is CC(Br)C(CCN1C(=O)Cc2ccccc21)c1cc2c(cc1O)OCO2. The molecule has 0 radical (unpaired) electrons. The number of carbonyl (C=O) groups is 1. The van der Waals surface area contributed by atoms with E-state index in [1.165, 1.54) is 0 Å². The summed E-state index contributed by atoms with van der Waals surface area (Å²) in [6.45, 7) is 2.82. The van der Waals surface area contributed by atoms with Crippen molar-refractivity contribution in [3.8, 4) is 17.2 Å². The molecule has 136 valence electrons. The van der Waals surface area contributed by atoms with Crippen molar-refractivity contribution in [3.05, 3.63) is 47.5 Å². The second-order valence-electron chi connectivity index (χ2n) is 6.69. The summed E-state index contributed by atoms with van der Waals surface area (Å²) in [4.78, 5) is 14.4. The van der Waals surface area contributed by atoms with Crippen LogP contribution in [0, 0.1) is 0 Å². The number of ether oxygens (including phenoxy) is 2. The summed E-state index contributed by atoms with van der Waals surface area (Å²) < 4.78 is 10.8. The minimum Gasteiger partial charge on any atom is -0.508 e. The van der Waals surface area contributed by atoms with Gasteiger partial charge in [0.05, 0.1) is 6.42 Å². The number of rotatable bonds is 5. The first kappa shape index (κ1) is 17.2. The fraction of sp³-hybridized carbons (Fsp3) is 0.350. The van der Waals surface area contributed by atoms with Crippen molar-refractivity contribution in [1.29, 1.82) is 0 Å². The highest BCUT2D eigenvalue weighted by molar-refractivity contribution is 9.09. The maximum atomic E-state index is 12.4. The molecule has 2 heterocycles. The molecular formula is C20H20BrNO4. The van der Waals surface area contributed by atoms with Crippen molar-refractivity contribution in [3.63, 3.8) is 0 Å². The van der Waals surface area contributed by atoms with Gasteiger partial charge >= 0.3 is 0 Å². The fourth-order valence-corrected chi connectivity index (χ4v) is 4.26. The van der Waals surface area contributed by atoms with E-state index in [9.17, 15) is 9.90 Å². The number of carbonyl (C=O) groups excluding carboxylic acids is 1. The number of alkyl halides is 1. The van der Waals surface area contributed by atoms with Gasteiger partial charge in [-0.1, -0.05) is 41.1 Å². The first-order chi connectivity index (χ1) is 12.5. The maximum Gasteiger partial charge on any atom is 0.231 e. The molecule has 2 aromatic carbocycles. The van der Waals surface area contributed by atoms with Gasteiger partial charge in [0, 0.05) is 34.6 Å². The van der Waals surface area contributed by atoms with Crippen LogP contribution in [-0.4, -0.2) is 29.2 Å². The van der Waals surface area contributed by atoms with Crippen LogP contribution in [-0.2, 0) is 11.2 Å². The molecule has 4 rings (SSSR count). The summed E-state index contributed by atoms with van der Waals surface area (Å²) in [5.41, 5.74) is 2.87. The quantitative estimate of drug-likeness (QED) is 0.747. The zero-order valence-corrected chi connectivity index (χ0v) is 16.0. The molecule has 0 saturated heterocycles. The van der Waals surface area contributed by atoms with Gasteiger partial charge < -0.3 is 19.5 Å². The summed E-state index contributed by atoms with van der Waals surface area (Å²) in [5.74, 6) is 1.57. The van der Waals surface area contributed by atoms with Gasteiger partial charge in [0.2, 0.25) is 12.7 Å². The highest BCUT2D eigenvalue weighted by Crippen LogP contribution is 2.43. The number of anilines is 1. The molecule has 0 aromatic heterocycles. The van der Waals surface area contributed by atoms with Gasteiger partial charge in [-0.2, -0.15) is 0 Å². The number of fused-ring (bicyclic) bond motifs is 2. The molecule has 0 spiro atoms. The van der Waals surface area contributed by atoms with Crippen LogP contribution < -0.4 is 14.4 Å². The molecule has 0 fully saturated rings. The summed E-state index contributed by atoms with van der Waals surface area (Å²) >= 11 is 3.66. The molecule has 0 bridgehead atoms. The van der Waals surface area contributed by atoms with E-state index in [1.54, 1.807) is 6.07 Å². The summed E-state index contributed by atoms with van der Waals surface area (Å²) in [5, 5.41) is 10.5. The van der Waals surface area contributed by atoms with Crippen LogP contribution in [0.25, 0.3) is 0 Å². The number of phenols is 1. The molecule has 2 unspecified atom stereocenters. The lowest BCUT2D eigenvalue weighted by atomic mass is 9.91. The van der Waals surface area contributed by atoms with Crippen LogP contribution in [0.4, 0.5) is 5.69 Å². The number of phenolic OH excluding ortho intramolecular Hbond substituents is 1. The van der Waals surface area contributed by atoms with E-state index < -0.39 is 0 Å². The number of para-hydroxylation sites is 1. The number of hydrogen-bond acceptors (Lipinski definition) is 4. The predicted molar refractivity (Wildman–Crippen MR) is 102 cm³/mol. The zero-order chi connectivity index (χ0) is 18.3. The first-order valence-electron chi connectivity index (χ1n) is 8.69. The third kappa shape index (κ3) is 3.03. The Labute approximate surface area is 160 Å². The molecule has 2 atom stereocenters. The van der Waals surface area contributed by atoms with Gasteiger partial charge in [0.15, 0.2) is 11.5 Å². The van der Waals surface area contributed by atoms with Crippen LogP contribution in [0.5, 0.6) is 17.2 Å². The Morgan fingerprint density at radius 1 is 1.23 bits per heavy atom. The molecule has 0 saturated carbocycles. The third-order valence-corrected chi connectivity index (χ3v) is 5.70. The number of nitrogens with zero attached hydrogens (tertiary/aromatic N) is 1. The normalized spacial score (nSPS) is 17.3. The molecule has 0 aliphatic carbocycles. The Kier molecular flexibility index (Phi) is 4.53. The van der Waals surface area contributed by atoms with Crippen LogP contribution in [0.1, 0.15) is 30.4 Å². The summed E-state index contributed by atoms with van der Waals surface area (Å²) in [7, 11) is 0. The van der Waals surface area contributed by atoms with Crippen LogP contribution in [0.2, 0.25) is 0 Å². The van der Waals surface area contributed by atoms with E-state index in [2.05, 4.69) is 22.9 Å². The lowest BCUT2D eigenvalue weighted by Crippen LogP contribution is -2.29. The number of benzene rings is 2. The van der Waals surface area contributed by atoms with Crippen molar-refractivity contribution in [2.75, 3.05) is 18.2 Å². The third-order valence-electron chi connectivity index (χ3n) is 5.06. The average molecular weight is 418 g/mol. The largest absolute Gasteiger partial charge is 0.508 e. The predicted octanol–water partition coefficient (Wildman–Crippen LogP) is 3.97. The molecule has 1 N–H and O–H groups in total. The lowest BCUT2D eigenvalue weighted by Gasteiger charge is -2.25. The van der Waals surface area contributed by atoms with Crippen molar-refractivity contribution in [1.82, 2.24) is 0 Å². The number of hydrogen-bond donors (Lipinski definition) is 1. The van der Waals surface area contributed by atoms with E-state index in [1.807, 2.05) is 35.2 Å². The second kappa shape index (κ2) is 6.83. The van der Waals surface area contributed by atoms with Crippen molar-refractivity contribution in [2.45, 2.75) is 30.5 Å². The van der Waals surface area contributed by atoms with E-state index >= 15 is 0 Å². The molecule has 2 aliphatic rings. The highest BCUT2D eigenvalue weighted by atomic mass is 79.9. The lowest BCUT2D eigenvalue weighted by molar-refractivity contribution is -0.117. The van der Waals surface area contributed by atoms with Crippen molar-refractivity contribution in [2.24, 2.45) is 0 Å². The molecule has 6 heteroatoms. The Hall–Kier alpha value is -2.21. The Morgan fingerprint density at radius 2 is 1.96 bits per heavy atom. The summed E-state index contributed by atoms with van der Waals surface area (Å²) in [6, 6.07) is 11.4. The second-order valence-corrected chi connectivity index (χ2v) is 8.13. The molecule has 1 amide bonds. The number of halogens is 1. The van der Waals surface area contributed by atoms with Crippen molar-refractivity contribution < 1.29 is 19.4 Å². The van der Waals surface area contributed by atoms with Crippen molar-refractivity contribution >= 4 is 27.5 Å². The van der Waals surface area contributed by atoms with E-state index in [0.29, 0.717) is 24.5 Å².